The van der Waals surface area contributed by atoms with Crippen molar-refractivity contribution in [3.05, 3.63) is 70.4 Å². The zero-order chi connectivity index (χ0) is 22.7. The van der Waals surface area contributed by atoms with E-state index >= 15 is 0 Å². The summed E-state index contributed by atoms with van der Waals surface area (Å²) in [4.78, 5) is 0. The van der Waals surface area contributed by atoms with Crippen molar-refractivity contribution in [2.45, 2.75) is 33.9 Å². The Balaban J connectivity index is 2.14. The predicted molar refractivity (Wildman–Crippen MR) is 124 cm³/mol. The average molecular weight is 431 g/mol. The lowest BCUT2D eigenvalue weighted by Crippen LogP contribution is -2.29. The molecule has 0 saturated heterocycles. The van der Waals surface area contributed by atoms with Gasteiger partial charge in [-0.15, -0.1) is 0 Å². The van der Waals surface area contributed by atoms with Crippen LogP contribution in [0, 0.1) is 27.7 Å². The van der Waals surface area contributed by atoms with Crippen molar-refractivity contribution in [1.29, 1.82) is 0 Å². The van der Waals surface area contributed by atoms with Crippen molar-refractivity contribution in [1.82, 2.24) is 4.40 Å². The van der Waals surface area contributed by atoms with Crippen LogP contribution in [0.25, 0.3) is 49.0 Å². The van der Waals surface area contributed by atoms with Crippen LogP contribution in [-0.2, 0) is 13.2 Å². The van der Waals surface area contributed by atoms with Gasteiger partial charge in [0, 0.05) is 16.8 Å². The van der Waals surface area contributed by atoms with Crippen molar-refractivity contribution in [3.63, 3.8) is 0 Å². The molecule has 3 aromatic carbocycles. The number of aryl methyl sites for hydroxylation is 5. The molecule has 0 amide bonds. The molecular formula is C27H22F3N2+. The zero-order valence-electron chi connectivity index (χ0n) is 18.6. The third-order valence-corrected chi connectivity index (χ3v) is 7.06. The number of alkyl halides is 3. The highest BCUT2D eigenvalue weighted by Crippen LogP contribution is 2.47. The van der Waals surface area contributed by atoms with Crippen molar-refractivity contribution < 1.29 is 17.7 Å². The smallest absolute Gasteiger partial charge is 0.307 e. The lowest BCUT2D eigenvalue weighted by molar-refractivity contribution is -0.643. The molecule has 3 heterocycles. The molecule has 160 valence electrons. The summed E-state index contributed by atoms with van der Waals surface area (Å²) in [6.45, 7) is 8.18. The van der Waals surface area contributed by atoms with Crippen LogP contribution < -0.4 is 4.57 Å². The maximum absolute atomic E-state index is 14.4. The van der Waals surface area contributed by atoms with E-state index in [2.05, 4.69) is 31.2 Å². The molecule has 0 radical (unpaired) electrons. The van der Waals surface area contributed by atoms with E-state index in [0.29, 0.717) is 21.7 Å². The van der Waals surface area contributed by atoms with Gasteiger partial charge in [0.05, 0.1) is 32.9 Å². The van der Waals surface area contributed by atoms with E-state index in [1.807, 2.05) is 42.9 Å². The SMILES string of the molecule is Cc1ccc2c(c1)c1c(C(F)(F)F)cc3cc[n+](C)c4c5c(C)c(C)cc(C)c5n2c1c34. The molecule has 0 atom stereocenters. The highest BCUT2D eigenvalue weighted by molar-refractivity contribution is 6.28. The Morgan fingerprint density at radius 3 is 2.28 bits per heavy atom. The Hall–Kier alpha value is -3.34. The van der Waals surface area contributed by atoms with Crippen LogP contribution in [0.1, 0.15) is 27.8 Å². The topological polar surface area (TPSA) is 8.29 Å². The average Bonchev–Trinajstić information content (AvgIpc) is 3.05. The molecule has 3 aromatic heterocycles. The van der Waals surface area contributed by atoms with Gasteiger partial charge in [-0.3, -0.25) is 0 Å². The van der Waals surface area contributed by atoms with Gasteiger partial charge >= 0.3 is 6.18 Å². The van der Waals surface area contributed by atoms with Gasteiger partial charge in [0.25, 0.3) is 0 Å². The van der Waals surface area contributed by atoms with Crippen LogP contribution in [0.4, 0.5) is 13.2 Å². The minimum atomic E-state index is -4.45. The normalized spacial score (nSPS) is 13.0. The second-order valence-electron chi connectivity index (χ2n) is 9.10. The fourth-order valence-corrected chi connectivity index (χ4v) is 5.58. The van der Waals surface area contributed by atoms with E-state index in [1.54, 1.807) is 6.07 Å². The van der Waals surface area contributed by atoms with Gasteiger partial charge in [0.1, 0.15) is 7.05 Å². The lowest BCUT2D eigenvalue weighted by atomic mass is 9.94. The lowest BCUT2D eigenvalue weighted by Gasteiger charge is -2.17. The standard InChI is InChI=1S/C27H22F3N2/c1-13-6-7-20-18(10-13)23-19(27(28,29)30)12-17-8-9-31(5)25-21-16(4)14(2)11-15(3)24(21)32(20)26(23)22(17)25/h6-12H,1-5H3/q+1. The molecular weight excluding hydrogens is 409 g/mol. The summed E-state index contributed by atoms with van der Waals surface area (Å²) >= 11 is 0. The van der Waals surface area contributed by atoms with Gasteiger partial charge in [-0.05, 0) is 68.0 Å². The fraction of sp³-hybridized carbons (Fsp3) is 0.222. The Bertz CT molecular complexity index is 1750. The summed E-state index contributed by atoms with van der Waals surface area (Å²) in [5.74, 6) is 0. The van der Waals surface area contributed by atoms with E-state index in [1.165, 1.54) is 11.6 Å². The molecule has 0 bridgehead atoms. The van der Waals surface area contributed by atoms with Crippen LogP contribution in [0.2, 0.25) is 0 Å². The first kappa shape index (κ1) is 19.4. The van der Waals surface area contributed by atoms with Crippen molar-refractivity contribution >= 4 is 49.0 Å². The van der Waals surface area contributed by atoms with Crippen molar-refractivity contribution in [3.8, 4) is 0 Å². The molecule has 0 aliphatic heterocycles. The minimum absolute atomic E-state index is 0.291. The highest BCUT2D eigenvalue weighted by Gasteiger charge is 2.37. The number of hydrogen-bond acceptors (Lipinski definition) is 0. The van der Waals surface area contributed by atoms with E-state index in [9.17, 15) is 13.2 Å². The Kier molecular flexibility index (Phi) is 3.58. The van der Waals surface area contributed by atoms with Crippen LogP contribution in [-0.4, -0.2) is 4.40 Å². The second-order valence-corrected chi connectivity index (χ2v) is 9.10. The summed E-state index contributed by atoms with van der Waals surface area (Å²) in [7, 11) is 1.97. The number of halogens is 3. The number of hydrogen-bond donors (Lipinski definition) is 0. The van der Waals surface area contributed by atoms with Gasteiger partial charge < -0.3 is 4.40 Å². The molecule has 0 spiro atoms. The van der Waals surface area contributed by atoms with E-state index in [-0.39, 0.29) is 0 Å². The van der Waals surface area contributed by atoms with Gasteiger partial charge in [-0.2, -0.15) is 13.2 Å². The molecule has 0 saturated carbocycles. The molecule has 6 rings (SSSR count). The molecule has 5 heteroatoms. The van der Waals surface area contributed by atoms with Crippen molar-refractivity contribution in [2.24, 2.45) is 7.05 Å². The van der Waals surface area contributed by atoms with Crippen molar-refractivity contribution in [2.75, 3.05) is 0 Å². The summed E-state index contributed by atoms with van der Waals surface area (Å²) in [5.41, 5.74) is 7.19. The van der Waals surface area contributed by atoms with E-state index in [0.717, 1.165) is 44.0 Å². The van der Waals surface area contributed by atoms with Gasteiger partial charge in [-0.1, -0.05) is 17.7 Å². The Labute approximate surface area is 182 Å². The van der Waals surface area contributed by atoms with Crippen LogP contribution >= 0.6 is 0 Å². The van der Waals surface area contributed by atoms with E-state index in [4.69, 9.17) is 0 Å². The maximum atomic E-state index is 14.4. The van der Waals surface area contributed by atoms with Crippen LogP contribution in [0.15, 0.2) is 42.6 Å². The number of fused-ring (bicyclic) bond motifs is 6. The number of nitrogens with zero attached hydrogens (tertiary/aromatic N) is 2. The van der Waals surface area contributed by atoms with E-state index < -0.39 is 11.7 Å². The Morgan fingerprint density at radius 2 is 1.56 bits per heavy atom. The summed E-state index contributed by atoms with van der Waals surface area (Å²) in [6.07, 6.45) is -2.58. The number of benzene rings is 3. The molecule has 0 aliphatic rings. The largest absolute Gasteiger partial charge is 0.417 e. The third kappa shape index (κ3) is 2.23. The van der Waals surface area contributed by atoms with Gasteiger partial charge in [0.15, 0.2) is 6.20 Å². The monoisotopic (exact) mass is 431 g/mol. The highest BCUT2D eigenvalue weighted by atomic mass is 19.4. The maximum Gasteiger partial charge on any atom is 0.417 e. The first-order chi connectivity index (χ1) is 15.1. The quantitative estimate of drug-likeness (QED) is 0.138. The van der Waals surface area contributed by atoms with Gasteiger partial charge in [0.2, 0.25) is 5.52 Å². The van der Waals surface area contributed by atoms with Crippen LogP contribution in [0.5, 0.6) is 0 Å². The molecule has 32 heavy (non-hydrogen) atoms. The second kappa shape index (κ2) is 5.91. The summed E-state index contributed by atoms with van der Waals surface area (Å²) in [5, 5.41) is 3.54. The summed E-state index contributed by atoms with van der Waals surface area (Å²) in [6, 6.07) is 11.1. The van der Waals surface area contributed by atoms with Gasteiger partial charge in [-0.25, -0.2) is 4.57 Å². The third-order valence-electron chi connectivity index (χ3n) is 7.06. The molecule has 0 fully saturated rings. The number of rotatable bonds is 0. The van der Waals surface area contributed by atoms with Crippen LogP contribution in [0.3, 0.4) is 0 Å². The molecule has 0 aliphatic carbocycles. The Morgan fingerprint density at radius 1 is 0.812 bits per heavy atom. The molecule has 0 N–H and O–H groups in total. The minimum Gasteiger partial charge on any atom is -0.307 e. The molecule has 0 unspecified atom stereocenters. The zero-order valence-corrected chi connectivity index (χ0v) is 18.6. The first-order valence-electron chi connectivity index (χ1n) is 10.7. The first-order valence-corrected chi connectivity index (χ1v) is 10.7. The fourth-order valence-electron chi connectivity index (χ4n) is 5.58. The number of aromatic nitrogens is 2. The molecule has 6 aromatic rings. The number of pyridine rings is 2. The molecule has 2 nitrogen and oxygen atoms in total. The predicted octanol–water partition coefficient (Wildman–Crippen LogP) is 7.07. The summed E-state index contributed by atoms with van der Waals surface area (Å²) < 4.78 is 47.2.